The summed E-state index contributed by atoms with van der Waals surface area (Å²) in [5, 5.41) is 0. The minimum absolute atomic E-state index is 0.165. The van der Waals surface area contributed by atoms with Gasteiger partial charge >= 0.3 is 0 Å². The largest absolute Gasteiger partial charge is 0.282 e. The van der Waals surface area contributed by atoms with Crippen LogP contribution < -0.4 is 0 Å². The van der Waals surface area contributed by atoms with Crippen LogP contribution in [0.4, 0.5) is 0 Å². The van der Waals surface area contributed by atoms with Gasteiger partial charge in [-0.15, -0.1) is 0 Å². The summed E-state index contributed by atoms with van der Waals surface area (Å²) in [6.07, 6.45) is 3.38. The molecule has 20 heavy (non-hydrogen) atoms. The lowest BCUT2D eigenvalue weighted by Gasteiger charge is -2.29. The molecule has 0 unspecified atom stereocenters. The molecule has 1 saturated heterocycles. The first-order valence-corrected chi connectivity index (χ1v) is 8.46. The van der Waals surface area contributed by atoms with Gasteiger partial charge in [0.1, 0.15) is 5.82 Å². The van der Waals surface area contributed by atoms with Gasteiger partial charge in [0.05, 0.1) is 11.7 Å². The van der Waals surface area contributed by atoms with Crippen molar-refractivity contribution in [3.8, 4) is 0 Å². The van der Waals surface area contributed by atoms with Crippen molar-refractivity contribution < 1.29 is 8.42 Å². The highest BCUT2D eigenvalue weighted by atomic mass is 32.2. The van der Waals surface area contributed by atoms with E-state index in [1.54, 1.807) is 10.5 Å². The monoisotopic (exact) mass is 298 g/mol. The van der Waals surface area contributed by atoms with Gasteiger partial charge in [-0.05, 0) is 25.8 Å². The first kappa shape index (κ1) is 15.3. The Morgan fingerprint density at radius 1 is 1.40 bits per heavy atom. The van der Waals surface area contributed by atoms with Crippen molar-refractivity contribution in [2.45, 2.75) is 39.7 Å². The zero-order valence-electron chi connectivity index (χ0n) is 12.3. The molecule has 0 aliphatic carbocycles. The van der Waals surface area contributed by atoms with Crippen LogP contribution in [0.3, 0.4) is 0 Å². The Labute approximate surface area is 121 Å². The van der Waals surface area contributed by atoms with Gasteiger partial charge in [0.25, 0.3) is 10.2 Å². The number of aromatic nitrogens is 2. The van der Waals surface area contributed by atoms with Crippen LogP contribution in [0.25, 0.3) is 0 Å². The summed E-state index contributed by atoms with van der Waals surface area (Å²) in [5.41, 5.74) is 0.797. The third-order valence-electron chi connectivity index (χ3n) is 3.67. The Bertz CT molecular complexity index is 557. The van der Waals surface area contributed by atoms with Crippen molar-refractivity contribution in [2.24, 2.45) is 0 Å². The minimum Gasteiger partial charge on any atom is -0.242 e. The predicted octanol–water partition coefficient (Wildman–Crippen LogP) is 1.51. The second-order valence-electron chi connectivity index (χ2n) is 4.89. The van der Waals surface area contributed by atoms with Gasteiger partial charge in [0.2, 0.25) is 0 Å². The third kappa shape index (κ3) is 2.84. The molecule has 7 heteroatoms. The highest BCUT2D eigenvalue weighted by Gasteiger charge is 2.38. The molecule has 1 aromatic rings. The normalized spacial score (nSPS) is 20.7. The van der Waals surface area contributed by atoms with Crippen LogP contribution in [0, 0.1) is 6.92 Å². The molecule has 0 amide bonds. The molecule has 0 bridgehead atoms. The predicted molar refractivity (Wildman–Crippen MR) is 77.3 cm³/mol. The highest BCUT2D eigenvalue weighted by Crippen LogP contribution is 2.34. The van der Waals surface area contributed by atoms with Crippen LogP contribution in [-0.4, -0.2) is 46.6 Å². The average Bonchev–Trinajstić information content (AvgIpc) is 2.89. The molecular formula is C13H22N4O2S. The topological polar surface area (TPSA) is 66.4 Å². The molecule has 1 aliphatic heterocycles. The molecule has 1 aliphatic rings. The lowest BCUT2D eigenvalue weighted by molar-refractivity contribution is 0.334. The van der Waals surface area contributed by atoms with Crippen LogP contribution in [0.15, 0.2) is 12.3 Å². The van der Waals surface area contributed by atoms with E-state index in [4.69, 9.17) is 0 Å². The van der Waals surface area contributed by atoms with E-state index in [9.17, 15) is 8.42 Å². The van der Waals surface area contributed by atoms with E-state index in [1.165, 1.54) is 4.31 Å². The summed E-state index contributed by atoms with van der Waals surface area (Å²) in [6.45, 7) is 7.09. The van der Waals surface area contributed by atoms with Crippen molar-refractivity contribution in [3.05, 3.63) is 23.8 Å². The minimum atomic E-state index is -3.40. The first-order valence-electron chi connectivity index (χ1n) is 7.07. The lowest BCUT2D eigenvalue weighted by Crippen LogP contribution is -2.43. The molecular weight excluding hydrogens is 276 g/mol. The van der Waals surface area contributed by atoms with Gasteiger partial charge in [0, 0.05) is 25.8 Å². The molecule has 0 radical (unpaired) electrons. The van der Waals surface area contributed by atoms with E-state index in [-0.39, 0.29) is 6.04 Å². The fourth-order valence-corrected chi connectivity index (χ4v) is 4.51. The number of nitrogens with zero attached hydrogens (tertiary/aromatic N) is 4. The molecule has 2 heterocycles. The highest BCUT2D eigenvalue weighted by molar-refractivity contribution is 7.86. The maximum Gasteiger partial charge on any atom is 0.282 e. The first-order chi connectivity index (χ1) is 9.50. The SMILES string of the molecule is CCN(CC)S(=O)(=O)N1CCC[C@H]1c1ccnc(C)n1. The second-order valence-corrected chi connectivity index (χ2v) is 6.77. The van der Waals surface area contributed by atoms with Crippen molar-refractivity contribution in [3.63, 3.8) is 0 Å². The van der Waals surface area contributed by atoms with Gasteiger partial charge in [0.15, 0.2) is 0 Å². The Morgan fingerprint density at radius 3 is 2.70 bits per heavy atom. The van der Waals surface area contributed by atoms with Crippen LogP contribution in [0.2, 0.25) is 0 Å². The van der Waals surface area contributed by atoms with Crippen LogP contribution in [-0.2, 0) is 10.2 Å². The fraction of sp³-hybridized carbons (Fsp3) is 0.692. The molecule has 0 spiro atoms. The number of rotatable bonds is 5. The molecule has 1 fully saturated rings. The standard InChI is InChI=1S/C13H22N4O2S/c1-4-16(5-2)20(18,19)17-10-6-7-13(17)12-8-9-14-11(3)15-12/h8-9,13H,4-7,10H2,1-3H3/t13-/m0/s1. The summed E-state index contributed by atoms with van der Waals surface area (Å²) < 4.78 is 28.4. The van der Waals surface area contributed by atoms with Crippen molar-refractivity contribution in [1.82, 2.24) is 18.6 Å². The summed E-state index contributed by atoms with van der Waals surface area (Å²) in [7, 11) is -3.40. The van der Waals surface area contributed by atoms with Gasteiger partial charge in [-0.1, -0.05) is 13.8 Å². The van der Waals surface area contributed by atoms with Gasteiger partial charge in [-0.3, -0.25) is 0 Å². The van der Waals surface area contributed by atoms with E-state index in [2.05, 4.69) is 9.97 Å². The summed E-state index contributed by atoms with van der Waals surface area (Å²) in [5.74, 6) is 0.676. The van der Waals surface area contributed by atoms with Crippen molar-refractivity contribution >= 4 is 10.2 Å². The number of hydrogen-bond donors (Lipinski definition) is 0. The summed E-state index contributed by atoms with van der Waals surface area (Å²) >= 11 is 0. The van der Waals surface area contributed by atoms with Crippen LogP contribution >= 0.6 is 0 Å². The van der Waals surface area contributed by atoms with E-state index < -0.39 is 10.2 Å². The molecule has 1 aromatic heterocycles. The van der Waals surface area contributed by atoms with E-state index in [0.29, 0.717) is 25.5 Å². The quantitative estimate of drug-likeness (QED) is 0.826. The van der Waals surface area contributed by atoms with Crippen LogP contribution in [0.1, 0.15) is 44.2 Å². The van der Waals surface area contributed by atoms with Crippen LogP contribution in [0.5, 0.6) is 0 Å². The molecule has 112 valence electrons. The van der Waals surface area contributed by atoms with Crippen molar-refractivity contribution in [2.75, 3.05) is 19.6 Å². The van der Waals surface area contributed by atoms with Crippen molar-refractivity contribution in [1.29, 1.82) is 0 Å². The lowest BCUT2D eigenvalue weighted by atomic mass is 10.1. The molecule has 0 N–H and O–H groups in total. The third-order valence-corrected chi connectivity index (χ3v) is 5.87. The molecule has 0 saturated carbocycles. The van der Waals surface area contributed by atoms with E-state index in [0.717, 1.165) is 18.5 Å². The molecule has 6 nitrogen and oxygen atoms in total. The Balaban J connectivity index is 2.32. The Kier molecular flexibility index (Phi) is 4.72. The average molecular weight is 298 g/mol. The van der Waals surface area contributed by atoms with E-state index in [1.807, 2.05) is 26.8 Å². The van der Waals surface area contributed by atoms with E-state index >= 15 is 0 Å². The van der Waals surface area contributed by atoms with Gasteiger partial charge in [-0.25, -0.2) is 9.97 Å². The Morgan fingerprint density at radius 2 is 2.10 bits per heavy atom. The van der Waals surface area contributed by atoms with Gasteiger partial charge < -0.3 is 0 Å². The zero-order chi connectivity index (χ0) is 14.8. The number of aryl methyl sites for hydroxylation is 1. The number of hydrogen-bond acceptors (Lipinski definition) is 4. The second kappa shape index (κ2) is 6.15. The smallest absolute Gasteiger partial charge is 0.242 e. The summed E-state index contributed by atoms with van der Waals surface area (Å²) in [6, 6.07) is 1.65. The van der Waals surface area contributed by atoms with Gasteiger partial charge in [-0.2, -0.15) is 17.0 Å². The fourth-order valence-electron chi connectivity index (χ4n) is 2.67. The molecule has 0 aromatic carbocycles. The molecule has 1 atom stereocenters. The Hall–Kier alpha value is -1.05. The zero-order valence-corrected chi connectivity index (χ0v) is 13.1. The maximum absolute atomic E-state index is 12.7. The molecule has 2 rings (SSSR count). The summed E-state index contributed by atoms with van der Waals surface area (Å²) in [4.78, 5) is 8.47. The maximum atomic E-state index is 12.7.